The number of carbonyl (C=O) groups is 3. The fourth-order valence-electron chi connectivity index (χ4n) is 2.58. The fraction of sp³-hybridized carbons (Fsp3) is 0.167. The van der Waals surface area contributed by atoms with Gasteiger partial charge in [0.05, 0.1) is 22.8 Å². The molecule has 4 nitrogen and oxygen atoms in total. The van der Waals surface area contributed by atoms with Crippen LogP contribution in [-0.2, 0) is 4.74 Å². The second-order valence-electron chi connectivity index (χ2n) is 5.19. The van der Waals surface area contributed by atoms with Crippen LogP contribution in [0.5, 0.6) is 0 Å². The lowest BCUT2D eigenvalue weighted by atomic mass is 9.83. The Morgan fingerprint density at radius 2 is 1.65 bits per heavy atom. The molecule has 1 aliphatic rings. The standard InChI is InChI=1S/C18H13ClO4/c1-2-9-23-18(22)13-8-7-12-14(15(13)19)17(21)11-6-4-3-5-10(11)16(12)20/h3-8H,2,9H2,1H3. The zero-order valence-electron chi connectivity index (χ0n) is 12.4. The van der Waals surface area contributed by atoms with Crippen LogP contribution in [0.3, 0.4) is 0 Å². The maximum absolute atomic E-state index is 12.7. The van der Waals surface area contributed by atoms with E-state index in [0.29, 0.717) is 17.5 Å². The summed E-state index contributed by atoms with van der Waals surface area (Å²) in [4.78, 5) is 37.2. The molecule has 0 saturated heterocycles. The van der Waals surface area contributed by atoms with Gasteiger partial charge in [-0.25, -0.2) is 4.79 Å². The van der Waals surface area contributed by atoms with Crippen molar-refractivity contribution >= 4 is 29.1 Å². The molecule has 0 unspecified atom stereocenters. The summed E-state index contributed by atoms with van der Waals surface area (Å²) in [5, 5.41) is -0.0311. The fourth-order valence-corrected chi connectivity index (χ4v) is 2.90. The number of fused-ring (bicyclic) bond motifs is 2. The number of rotatable bonds is 3. The Bertz CT molecular complexity index is 839. The van der Waals surface area contributed by atoms with E-state index in [1.165, 1.54) is 12.1 Å². The first kappa shape index (κ1) is 15.4. The van der Waals surface area contributed by atoms with Crippen LogP contribution in [-0.4, -0.2) is 24.1 Å². The molecule has 23 heavy (non-hydrogen) atoms. The predicted molar refractivity (Wildman–Crippen MR) is 85.3 cm³/mol. The summed E-state index contributed by atoms with van der Waals surface area (Å²) >= 11 is 6.25. The quantitative estimate of drug-likeness (QED) is 0.688. The van der Waals surface area contributed by atoms with E-state index in [9.17, 15) is 14.4 Å². The molecule has 0 aliphatic heterocycles. The van der Waals surface area contributed by atoms with E-state index >= 15 is 0 Å². The number of benzene rings is 2. The zero-order valence-corrected chi connectivity index (χ0v) is 13.1. The van der Waals surface area contributed by atoms with Crippen molar-refractivity contribution in [3.8, 4) is 0 Å². The van der Waals surface area contributed by atoms with Crippen LogP contribution in [0.25, 0.3) is 0 Å². The Hall–Kier alpha value is -2.46. The lowest BCUT2D eigenvalue weighted by Gasteiger charge is -2.19. The number of hydrogen-bond donors (Lipinski definition) is 0. The third kappa shape index (κ3) is 2.45. The van der Waals surface area contributed by atoms with E-state index in [0.717, 1.165) is 0 Å². The van der Waals surface area contributed by atoms with E-state index in [1.807, 2.05) is 6.92 Å². The molecule has 0 radical (unpaired) electrons. The highest BCUT2D eigenvalue weighted by molar-refractivity contribution is 6.41. The summed E-state index contributed by atoms with van der Waals surface area (Å²) < 4.78 is 5.06. The molecule has 0 amide bonds. The van der Waals surface area contributed by atoms with Crippen LogP contribution in [0.2, 0.25) is 5.02 Å². The van der Waals surface area contributed by atoms with Gasteiger partial charge in [-0.15, -0.1) is 0 Å². The van der Waals surface area contributed by atoms with Crippen LogP contribution >= 0.6 is 11.6 Å². The minimum atomic E-state index is -0.598. The second kappa shape index (κ2) is 5.97. The van der Waals surface area contributed by atoms with Gasteiger partial charge in [0, 0.05) is 16.7 Å². The maximum atomic E-state index is 12.7. The molecule has 116 valence electrons. The van der Waals surface area contributed by atoms with Crippen LogP contribution in [0.15, 0.2) is 36.4 Å². The topological polar surface area (TPSA) is 60.4 Å². The molecular formula is C18H13ClO4. The Labute approximate surface area is 138 Å². The Balaban J connectivity index is 2.13. The lowest BCUT2D eigenvalue weighted by Crippen LogP contribution is -2.22. The second-order valence-corrected chi connectivity index (χ2v) is 5.57. The molecule has 0 spiro atoms. The summed E-state index contributed by atoms with van der Waals surface area (Å²) in [6, 6.07) is 9.46. The van der Waals surface area contributed by atoms with Gasteiger partial charge >= 0.3 is 5.97 Å². The Kier molecular flexibility index (Phi) is 4.01. The van der Waals surface area contributed by atoms with Crippen LogP contribution in [0.1, 0.15) is 55.5 Å². The number of hydrogen-bond acceptors (Lipinski definition) is 4. The first-order valence-electron chi connectivity index (χ1n) is 7.24. The van der Waals surface area contributed by atoms with Gasteiger partial charge in [0.1, 0.15) is 0 Å². The molecule has 0 heterocycles. The van der Waals surface area contributed by atoms with Crippen molar-refractivity contribution in [3.05, 3.63) is 69.2 Å². The number of ketones is 2. The smallest absolute Gasteiger partial charge is 0.339 e. The first-order chi connectivity index (χ1) is 11.1. The van der Waals surface area contributed by atoms with Crippen molar-refractivity contribution in [2.24, 2.45) is 0 Å². The summed E-state index contributed by atoms with van der Waals surface area (Å²) in [6.07, 6.45) is 0.680. The third-order valence-electron chi connectivity index (χ3n) is 3.69. The van der Waals surface area contributed by atoms with Gasteiger partial charge in [-0.1, -0.05) is 42.8 Å². The molecule has 2 aromatic carbocycles. The van der Waals surface area contributed by atoms with Gasteiger partial charge < -0.3 is 4.74 Å². The maximum Gasteiger partial charge on any atom is 0.339 e. The largest absolute Gasteiger partial charge is 0.462 e. The van der Waals surface area contributed by atoms with Crippen LogP contribution in [0.4, 0.5) is 0 Å². The number of ether oxygens (including phenoxy) is 1. The SMILES string of the molecule is CCCOC(=O)c1ccc2c(c1Cl)C(=O)c1ccccc1C2=O. The van der Waals surface area contributed by atoms with Gasteiger partial charge in [0.15, 0.2) is 11.6 Å². The highest BCUT2D eigenvalue weighted by Crippen LogP contribution is 2.34. The molecule has 0 atom stereocenters. The molecular weight excluding hydrogens is 316 g/mol. The molecule has 0 bridgehead atoms. The Morgan fingerprint density at radius 3 is 2.30 bits per heavy atom. The normalized spacial score (nSPS) is 12.6. The molecule has 0 fully saturated rings. The van der Waals surface area contributed by atoms with Crippen molar-refractivity contribution in [1.82, 2.24) is 0 Å². The van der Waals surface area contributed by atoms with E-state index < -0.39 is 5.97 Å². The van der Waals surface area contributed by atoms with Crippen LogP contribution in [0, 0.1) is 0 Å². The van der Waals surface area contributed by atoms with Gasteiger partial charge in [0.25, 0.3) is 0 Å². The third-order valence-corrected chi connectivity index (χ3v) is 4.08. The highest BCUT2D eigenvalue weighted by atomic mass is 35.5. The molecule has 0 saturated carbocycles. The van der Waals surface area contributed by atoms with Crippen molar-refractivity contribution in [2.45, 2.75) is 13.3 Å². The van der Waals surface area contributed by atoms with Crippen molar-refractivity contribution in [1.29, 1.82) is 0 Å². The molecule has 0 aromatic heterocycles. The van der Waals surface area contributed by atoms with Gasteiger partial charge in [-0.3, -0.25) is 9.59 Å². The summed E-state index contributed by atoms with van der Waals surface area (Å²) in [6.45, 7) is 2.14. The first-order valence-corrected chi connectivity index (χ1v) is 7.62. The summed E-state index contributed by atoms with van der Waals surface area (Å²) in [5.41, 5.74) is 1.03. The minimum absolute atomic E-state index is 0.0311. The zero-order chi connectivity index (χ0) is 16.6. The molecule has 2 aromatic rings. The number of esters is 1. The van der Waals surface area contributed by atoms with Gasteiger partial charge in [-0.05, 0) is 18.6 Å². The van der Waals surface area contributed by atoms with Gasteiger partial charge in [0.2, 0.25) is 0 Å². The van der Waals surface area contributed by atoms with E-state index in [-0.39, 0.29) is 39.9 Å². The lowest BCUT2D eigenvalue weighted by molar-refractivity contribution is 0.0505. The minimum Gasteiger partial charge on any atom is -0.462 e. The van der Waals surface area contributed by atoms with Crippen molar-refractivity contribution in [2.75, 3.05) is 6.61 Å². The average molecular weight is 329 g/mol. The van der Waals surface area contributed by atoms with Crippen molar-refractivity contribution < 1.29 is 19.1 Å². The number of carbonyl (C=O) groups excluding carboxylic acids is 3. The summed E-state index contributed by atoms with van der Waals surface area (Å²) in [5.74, 6) is -1.23. The predicted octanol–water partition coefficient (Wildman–Crippen LogP) is 3.68. The van der Waals surface area contributed by atoms with Gasteiger partial charge in [-0.2, -0.15) is 0 Å². The van der Waals surface area contributed by atoms with Crippen LogP contribution < -0.4 is 0 Å². The average Bonchev–Trinajstić information content (AvgIpc) is 2.57. The van der Waals surface area contributed by atoms with E-state index in [1.54, 1.807) is 24.3 Å². The molecule has 0 N–H and O–H groups in total. The molecule has 3 rings (SSSR count). The highest BCUT2D eigenvalue weighted by Gasteiger charge is 2.33. The van der Waals surface area contributed by atoms with Crippen molar-refractivity contribution in [3.63, 3.8) is 0 Å². The number of halogens is 1. The summed E-state index contributed by atoms with van der Waals surface area (Å²) in [7, 11) is 0. The van der Waals surface area contributed by atoms with E-state index in [2.05, 4.69) is 0 Å². The molecule has 5 heteroatoms. The monoisotopic (exact) mass is 328 g/mol. The van der Waals surface area contributed by atoms with E-state index in [4.69, 9.17) is 16.3 Å². The molecule has 1 aliphatic carbocycles. The Morgan fingerprint density at radius 1 is 1.00 bits per heavy atom.